The van der Waals surface area contributed by atoms with Gasteiger partial charge in [0.25, 0.3) is 5.69 Å². The smallest absolute Gasteiger partial charge is 0.293 e. The third-order valence-electron chi connectivity index (χ3n) is 6.07. The van der Waals surface area contributed by atoms with Crippen LogP contribution in [-0.4, -0.2) is 28.8 Å². The number of nitrogens with zero attached hydrogens (tertiary/aromatic N) is 2. The molecule has 1 unspecified atom stereocenters. The van der Waals surface area contributed by atoms with Crippen LogP contribution in [0.2, 0.25) is 0 Å². The van der Waals surface area contributed by atoms with Crippen LogP contribution in [0.5, 0.6) is 11.5 Å². The maximum absolute atomic E-state index is 13.4. The summed E-state index contributed by atoms with van der Waals surface area (Å²) in [6, 6.07) is 10.9. The monoisotopic (exact) mass is 436 g/mol. The Hall–Kier alpha value is -3.68. The number of ketones is 1. The van der Waals surface area contributed by atoms with E-state index >= 15 is 0 Å². The molecule has 166 valence electrons. The van der Waals surface area contributed by atoms with E-state index in [0.717, 1.165) is 0 Å². The Balaban J connectivity index is 1.94. The van der Waals surface area contributed by atoms with E-state index in [2.05, 4.69) is 0 Å². The predicted octanol–water partition coefficient (Wildman–Crippen LogP) is 4.47. The van der Waals surface area contributed by atoms with Crippen molar-refractivity contribution in [1.82, 2.24) is 0 Å². The minimum absolute atomic E-state index is 0.0228. The van der Waals surface area contributed by atoms with Crippen molar-refractivity contribution in [3.05, 3.63) is 69.4 Å². The Labute approximate surface area is 185 Å². The molecule has 1 amide bonds. The van der Waals surface area contributed by atoms with Crippen LogP contribution in [0.25, 0.3) is 0 Å². The molecular weight excluding hydrogens is 412 g/mol. The van der Waals surface area contributed by atoms with Crippen molar-refractivity contribution >= 4 is 23.1 Å². The molecule has 2 aromatic rings. The Morgan fingerprint density at radius 3 is 2.56 bits per heavy atom. The molecule has 0 saturated heterocycles. The second-order valence-corrected chi connectivity index (χ2v) is 8.96. The summed E-state index contributed by atoms with van der Waals surface area (Å²) in [7, 11) is 1.43. The number of anilines is 1. The highest BCUT2D eigenvalue weighted by Crippen LogP contribution is 2.49. The first-order valence-corrected chi connectivity index (χ1v) is 10.3. The molecule has 1 heterocycles. The second kappa shape index (κ2) is 7.78. The Bertz CT molecular complexity index is 1170. The molecule has 0 bridgehead atoms. The lowest BCUT2D eigenvalue weighted by Crippen LogP contribution is -2.44. The average Bonchev–Trinajstić information content (AvgIpc) is 2.72. The van der Waals surface area contributed by atoms with Crippen LogP contribution in [0.4, 0.5) is 11.4 Å². The molecule has 32 heavy (non-hydrogen) atoms. The number of methoxy groups -OCH3 is 1. The van der Waals surface area contributed by atoms with E-state index in [-0.39, 0.29) is 41.0 Å². The summed E-state index contributed by atoms with van der Waals surface area (Å²) < 4.78 is 5.21. The summed E-state index contributed by atoms with van der Waals surface area (Å²) in [5, 5.41) is 21.6. The number of aromatic hydroxyl groups is 1. The van der Waals surface area contributed by atoms with E-state index in [1.807, 2.05) is 13.8 Å². The van der Waals surface area contributed by atoms with E-state index in [1.54, 1.807) is 24.3 Å². The van der Waals surface area contributed by atoms with Crippen LogP contribution < -0.4 is 9.64 Å². The fraction of sp³-hybridized carbons (Fsp3) is 0.333. The molecule has 1 N–H and O–H groups in total. The fourth-order valence-corrected chi connectivity index (χ4v) is 4.70. The Morgan fingerprint density at radius 2 is 1.88 bits per heavy atom. The van der Waals surface area contributed by atoms with Crippen molar-refractivity contribution in [2.45, 2.75) is 39.0 Å². The lowest BCUT2D eigenvalue weighted by molar-refractivity contribution is -0.384. The largest absolute Gasteiger partial charge is 0.504 e. The lowest BCUT2D eigenvalue weighted by Gasteiger charge is -2.42. The molecule has 8 nitrogen and oxygen atoms in total. The van der Waals surface area contributed by atoms with Gasteiger partial charge in [-0.3, -0.25) is 24.6 Å². The van der Waals surface area contributed by atoms with Crippen LogP contribution in [0, 0.1) is 15.5 Å². The standard InChI is InChI=1S/C24H24N2O6/c1-24(2)12-18-23(20(28)13-24)15(14-8-9-19(27)21(10-14)32-3)11-22(29)25(18)16-6-4-5-7-17(16)26(30)31/h4-10,15,27H,11-13H2,1-3H3. The van der Waals surface area contributed by atoms with Gasteiger partial charge < -0.3 is 9.84 Å². The number of carbonyl (C=O) groups is 2. The highest BCUT2D eigenvalue weighted by Gasteiger charge is 2.45. The molecule has 1 aliphatic carbocycles. The Kier molecular flexibility index (Phi) is 5.24. The Morgan fingerprint density at radius 1 is 1.16 bits per heavy atom. The predicted molar refractivity (Wildman–Crippen MR) is 118 cm³/mol. The lowest BCUT2D eigenvalue weighted by atomic mass is 9.69. The van der Waals surface area contributed by atoms with Crippen LogP contribution >= 0.6 is 0 Å². The fourth-order valence-electron chi connectivity index (χ4n) is 4.70. The van der Waals surface area contributed by atoms with E-state index in [4.69, 9.17) is 4.74 Å². The number of ether oxygens (including phenoxy) is 1. The zero-order chi connectivity index (χ0) is 23.2. The summed E-state index contributed by atoms with van der Waals surface area (Å²) in [6.07, 6.45) is 0.721. The normalized spacial score (nSPS) is 20.2. The van der Waals surface area contributed by atoms with Crippen LogP contribution in [0.15, 0.2) is 53.7 Å². The van der Waals surface area contributed by atoms with E-state index in [1.165, 1.54) is 30.2 Å². The number of hydrogen-bond donors (Lipinski definition) is 1. The topological polar surface area (TPSA) is 110 Å². The van der Waals surface area contributed by atoms with Gasteiger partial charge in [0.05, 0.1) is 12.0 Å². The first kappa shape index (κ1) is 21.5. The van der Waals surface area contributed by atoms with Crippen LogP contribution in [-0.2, 0) is 9.59 Å². The molecule has 2 aromatic carbocycles. The molecule has 0 fully saturated rings. The number of phenols is 1. The molecule has 8 heteroatoms. The SMILES string of the molecule is COc1cc(C2CC(=O)N(c3ccccc3[N+](=O)[O-])C3=C2C(=O)CC(C)(C)C3)ccc1O. The maximum Gasteiger partial charge on any atom is 0.293 e. The van der Waals surface area contributed by atoms with Crippen LogP contribution in [0.1, 0.15) is 44.6 Å². The summed E-state index contributed by atoms with van der Waals surface area (Å²) in [5.41, 5.74) is 1.27. The zero-order valence-electron chi connectivity index (χ0n) is 18.1. The van der Waals surface area contributed by atoms with Gasteiger partial charge in [-0.25, -0.2) is 0 Å². The van der Waals surface area contributed by atoms with Gasteiger partial charge in [0.15, 0.2) is 17.3 Å². The van der Waals surface area contributed by atoms with Crippen molar-refractivity contribution in [3.8, 4) is 11.5 Å². The van der Waals surface area contributed by atoms with Gasteiger partial charge >= 0.3 is 0 Å². The minimum atomic E-state index is -0.519. The molecule has 2 aliphatic rings. The van der Waals surface area contributed by atoms with Gasteiger partial charge in [-0.05, 0) is 35.6 Å². The van der Waals surface area contributed by atoms with Crippen molar-refractivity contribution in [2.24, 2.45) is 5.41 Å². The number of allylic oxidation sites excluding steroid dienone is 2. The van der Waals surface area contributed by atoms with Crippen molar-refractivity contribution in [1.29, 1.82) is 0 Å². The molecule has 1 aliphatic heterocycles. The molecule has 4 rings (SSSR count). The number of para-hydroxylation sites is 2. The number of rotatable bonds is 4. The third-order valence-corrected chi connectivity index (χ3v) is 6.07. The number of Topliss-reactive ketones (excluding diaryl/α,β-unsaturated/α-hetero) is 1. The van der Waals surface area contributed by atoms with E-state index in [9.17, 15) is 24.8 Å². The molecule has 0 spiro atoms. The van der Waals surface area contributed by atoms with Gasteiger partial charge in [0, 0.05) is 36.1 Å². The first-order chi connectivity index (χ1) is 15.1. The number of carbonyl (C=O) groups excluding carboxylic acids is 2. The number of nitro groups is 1. The number of phenolic OH excluding ortho intramolecular Hbond substituents is 1. The molecule has 1 atom stereocenters. The van der Waals surface area contributed by atoms with Gasteiger partial charge in [-0.2, -0.15) is 0 Å². The number of hydrogen-bond acceptors (Lipinski definition) is 6. The highest BCUT2D eigenvalue weighted by molar-refractivity contribution is 6.08. The van der Waals surface area contributed by atoms with Gasteiger partial charge in [-0.15, -0.1) is 0 Å². The van der Waals surface area contributed by atoms with Crippen molar-refractivity contribution < 1.29 is 24.4 Å². The maximum atomic E-state index is 13.4. The van der Waals surface area contributed by atoms with Crippen molar-refractivity contribution in [2.75, 3.05) is 12.0 Å². The van der Waals surface area contributed by atoms with Crippen molar-refractivity contribution in [3.63, 3.8) is 0 Å². The number of benzene rings is 2. The summed E-state index contributed by atoms with van der Waals surface area (Å²) >= 11 is 0. The second-order valence-electron chi connectivity index (χ2n) is 8.96. The quantitative estimate of drug-likeness (QED) is 0.559. The minimum Gasteiger partial charge on any atom is -0.504 e. The average molecular weight is 436 g/mol. The molecule has 0 radical (unpaired) electrons. The van der Waals surface area contributed by atoms with Gasteiger partial charge in [0.1, 0.15) is 5.69 Å². The van der Waals surface area contributed by atoms with Gasteiger partial charge in [-0.1, -0.05) is 32.0 Å². The first-order valence-electron chi connectivity index (χ1n) is 10.3. The van der Waals surface area contributed by atoms with Crippen LogP contribution in [0.3, 0.4) is 0 Å². The molecular formula is C24H24N2O6. The molecule has 0 saturated carbocycles. The molecule has 0 aromatic heterocycles. The summed E-state index contributed by atoms with van der Waals surface area (Å²) in [6.45, 7) is 3.90. The summed E-state index contributed by atoms with van der Waals surface area (Å²) in [4.78, 5) is 39.3. The third kappa shape index (κ3) is 3.62. The number of nitro benzene ring substituents is 1. The zero-order valence-corrected chi connectivity index (χ0v) is 18.1. The summed E-state index contributed by atoms with van der Waals surface area (Å²) in [5.74, 6) is -0.702. The van der Waals surface area contributed by atoms with E-state index < -0.39 is 16.3 Å². The van der Waals surface area contributed by atoms with Gasteiger partial charge in [0.2, 0.25) is 5.91 Å². The number of amides is 1. The highest BCUT2D eigenvalue weighted by atomic mass is 16.6. The van der Waals surface area contributed by atoms with E-state index in [0.29, 0.717) is 29.7 Å².